The second-order valence-corrected chi connectivity index (χ2v) is 3.59. The molecule has 2 N–H and O–H groups in total. The summed E-state index contributed by atoms with van der Waals surface area (Å²) >= 11 is 0. The normalized spacial score (nSPS) is 10.2. The molecule has 0 aliphatic carbocycles. The topological polar surface area (TPSA) is 75.4 Å². The molecule has 88 valence electrons. The first kappa shape index (κ1) is 11.2. The molecule has 0 aromatic carbocycles. The van der Waals surface area contributed by atoms with E-state index in [-0.39, 0.29) is 23.8 Å². The average Bonchev–Trinajstić information content (AvgIpc) is 2.73. The Balaban J connectivity index is 2.01. The number of rotatable bonds is 3. The first-order valence-corrected chi connectivity index (χ1v) is 5.13. The number of pyridine rings is 1. The molecule has 0 saturated carbocycles. The largest absolute Gasteiger partial charge is 0.505 e. The molecule has 0 atom stereocenters. The van der Waals surface area contributed by atoms with Crippen molar-refractivity contribution in [3.05, 3.63) is 47.7 Å². The quantitative estimate of drug-likeness (QED) is 0.843. The number of furan rings is 1. The predicted octanol–water partition coefficient (Wildman–Crippen LogP) is 1.62. The molecule has 0 spiro atoms. The van der Waals surface area contributed by atoms with Gasteiger partial charge in [-0.15, -0.1) is 0 Å². The van der Waals surface area contributed by atoms with E-state index in [2.05, 4.69) is 10.3 Å². The van der Waals surface area contributed by atoms with Gasteiger partial charge >= 0.3 is 0 Å². The molecule has 0 fully saturated rings. The zero-order valence-electron chi connectivity index (χ0n) is 9.30. The number of nitrogens with one attached hydrogen (secondary N) is 1. The van der Waals surface area contributed by atoms with Crippen molar-refractivity contribution in [3.8, 4) is 5.75 Å². The van der Waals surface area contributed by atoms with Crippen molar-refractivity contribution >= 4 is 5.91 Å². The van der Waals surface area contributed by atoms with Gasteiger partial charge in [0.1, 0.15) is 17.3 Å². The van der Waals surface area contributed by atoms with Crippen molar-refractivity contribution in [2.24, 2.45) is 0 Å². The minimum Gasteiger partial charge on any atom is -0.505 e. The lowest BCUT2D eigenvalue weighted by atomic mass is 10.2. The molecule has 2 aromatic heterocycles. The highest BCUT2D eigenvalue weighted by Crippen LogP contribution is 2.13. The highest BCUT2D eigenvalue weighted by Gasteiger charge is 2.10. The van der Waals surface area contributed by atoms with Crippen molar-refractivity contribution in [2.75, 3.05) is 0 Å². The second kappa shape index (κ2) is 4.69. The maximum atomic E-state index is 11.7. The van der Waals surface area contributed by atoms with Crippen LogP contribution in [-0.4, -0.2) is 16.0 Å². The van der Waals surface area contributed by atoms with E-state index in [1.165, 1.54) is 18.5 Å². The van der Waals surface area contributed by atoms with Gasteiger partial charge < -0.3 is 14.8 Å². The third-order valence-electron chi connectivity index (χ3n) is 2.26. The number of amides is 1. The maximum absolute atomic E-state index is 11.7. The summed E-state index contributed by atoms with van der Waals surface area (Å²) in [4.78, 5) is 15.4. The molecule has 1 amide bonds. The van der Waals surface area contributed by atoms with Crippen LogP contribution in [0.3, 0.4) is 0 Å². The Hall–Kier alpha value is -2.30. The number of aryl methyl sites for hydroxylation is 1. The number of nitrogens with zero attached hydrogens (tertiary/aromatic N) is 1. The monoisotopic (exact) mass is 232 g/mol. The minimum atomic E-state index is -0.362. The fraction of sp³-hybridized carbons (Fsp3) is 0.167. The van der Waals surface area contributed by atoms with E-state index in [0.717, 1.165) is 5.76 Å². The molecular formula is C12H12N2O3. The molecule has 0 saturated heterocycles. The summed E-state index contributed by atoms with van der Waals surface area (Å²) in [7, 11) is 0. The molecule has 0 radical (unpaired) electrons. The summed E-state index contributed by atoms with van der Waals surface area (Å²) in [5.74, 6) is 0.963. The standard InChI is InChI=1S/C12H12N2O3/c1-8-2-3-9(17-8)6-14-12(16)10-4-5-13-7-11(10)15/h2-5,7,15H,6H2,1H3,(H,14,16). The lowest BCUT2D eigenvalue weighted by Crippen LogP contribution is -2.22. The van der Waals surface area contributed by atoms with E-state index in [1.807, 2.05) is 13.0 Å². The zero-order valence-corrected chi connectivity index (χ0v) is 9.30. The van der Waals surface area contributed by atoms with E-state index < -0.39 is 0 Å². The molecular weight excluding hydrogens is 220 g/mol. The summed E-state index contributed by atoms with van der Waals surface area (Å²) < 4.78 is 5.31. The first-order valence-electron chi connectivity index (χ1n) is 5.13. The third-order valence-corrected chi connectivity index (χ3v) is 2.26. The highest BCUT2D eigenvalue weighted by atomic mass is 16.3. The van der Waals surface area contributed by atoms with Crippen LogP contribution in [0.2, 0.25) is 0 Å². The van der Waals surface area contributed by atoms with E-state index in [1.54, 1.807) is 6.07 Å². The third kappa shape index (κ3) is 2.63. The van der Waals surface area contributed by atoms with Gasteiger partial charge in [0.05, 0.1) is 18.3 Å². The Kier molecular flexibility index (Phi) is 3.09. The van der Waals surface area contributed by atoms with Crippen molar-refractivity contribution in [1.82, 2.24) is 10.3 Å². The Labute approximate surface area is 98.1 Å². The lowest BCUT2D eigenvalue weighted by Gasteiger charge is -2.04. The van der Waals surface area contributed by atoms with Gasteiger partial charge in [-0.1, -0.05) is 0 Å². The summed E-state index contributed by atoms with van der Waals surface area (Å²) in [6.07, 6.45) is 2.68. The van der Waals surface area contributed by atoms with Gasteiger partial charge in [-0.2, -0.15) is 0 Å². The van der Waals surface area contributed by atoms with Crippen LogP contribution in [0.15, 0.2) is 35.0 Å². The smallest absolute Gasteiger partial charge is 0.255 e. The van der Waals surface area contributed by atoms with Crippen molar-refractivity contribution < 1.29 is 14.3 Å². The number of aromatic nitrogens is 1. The summed E-state index contributed by atoms with van der Waals surface area (Å²) in [5.41, 5.74) is 0.197. The Bertz CT molecular complexity index is 534. The van der Waals surface area contributed by atoms with Crippen LogP contribution in [-0.2, 0) is 6.54 Å². The van der Waals surface area contributed by atoms with Crippen molar-refractivity contribution in [1.29, 1.82) is 0 Å². The van der Waals surface area contributed by atoms with Gasteiger partial charge in [-0.3, -0.25) is 9.78 Å². The van der Waals surface area contributed by atoms with Crippen LogP contribution in [0.25, 0.3) is 0 Å². The second-order valence-electron chi connectivity index (χ2n) is 3.59. The lowest BCUT2D eigenvalue weighted by molar-refractivity contribution is 0.0945. The predicted molar refractivity (Wildman–Crippen MR) is 60.5 cm³/mol. The zero-order chi connectivity index (χ0) is 12.3. The SMILES string of the molecule is Cc1ccc(CNC(=O)c2ccncc2O)o1. The van der Waals surface area contributed by atoms with Gasteiger partial charge in [0.2, 0.25) is 0 Å². The summed E-state index contributed by atoms with van der Waals surface area (Å²) in [5, 5.41) is 12.1. The average molecular weight is 232 g/mol. The molecule has 0 aliphatic rings. The Morgan fingerprint density at radius 2 is 2.29 bits per heavy atom. The fourth-order valence-electron chi connectivity index (χ4n) is 1.42. The van der Waals surface area contributed by atoms with E-state index in [4.69, 9.17) is 4.42 Å². The fourth-order valence-corrected chi connectivity index (χ4v) is 1.42. The molecule has 0 unspecified atom stereocenters. The van der Waals surface area contributed by atoms with Crippen LogP contribution in [0.5, 0.6) is 5.75 Å². The van der Waals surface area contributed by atoms with Crippen LogP contribution < -0.4 is 5.32 Å². The number of hydrogen-bond acceptors (Lipinski definition) is 4. The molecule has 2 rings (SSSR count). The van der Waals surface area contributed by atoms with Gasteiger partial charge in [0.15, 0.2) is 0 Å². The Morgan fingerprint density at radius 1 is 1.47 bits per heavy atom. The molecule has 2 aromatic rings. The van der Waals surface area contributed by atoms with E-state index in [0.29, 0.717) is 5.76 Å². The van der Waals surface area contributed by atoms with E-state index in [9.17, 15) is 9.90 Å². The molecule has 0 bridgehead atoms. The highest BCUT2D eigenvalue weighted by molar-refractivity contribution is 5.96. The van der Waals surface area contributed by atoms with Crippen molar-refractivity contribution in [3.63, 3.8) is 0 Å². The number of hydrogen-bond donors (Lipinski definition) is 2. The number of aromatic hydroxyl groups is 1. The van der Waals surface area contributed by atoms with Crippen LogP contribution in [0.1, 0.15) is 21.9 Å². The minimum absolute atomic E-state index is 0.138. The molecule has 5 nitrogen and oxygen atoms in total. The van der Waals surface area contributed by atoms with Crippen molar-refractivity contribution in [2.45, 2.75) is 13.5 Å². The molecule has 5 heteroatoms. The van der Waals surface area contributed by atoms with Gasteiger partial charge in [-0.05, 0) is 25.1 Å². The summed E-state index contributed by atoms with van der Waals surface area (Å²) in [6.45, 7) is 2.12. The number of carbonyl (C=O) groups is 1. The molecule has 17 heavy (non-hydrogen) atoms. The van der Waals surface area contributed by atoms with Gasteiger partial charge in [0, 0.05) is 6.20 Å². The molecule has 0 aliphatic heterocycles. The Morgan fingerprint density at radius 3 is 2.94 bits per heavy atom. The van der Waals surface area contributed by atoms with Gasteiger partial charge in [-0.25, -0.2) is 0 Å². The van der Waals surface area contributed by atoms with E-state index >= 15 is 0 Å². The maximum Gasteiger partial charge on any atom is 0.255 e. The first-order chi connectivity index (χ1) is 8.16. The van der Waals surface area contributed by atoms with Gasteiger partial charge in [0.25, 0.3) is 5.91 Å². The summed E-state index contributed by atoms with van der Waals surface area (Å²) in [6, 6.07) is 5.07. The van der Waals surface area contributed by atoms with Crippen LogP contribution in [0.4, 0.5) is 0 Å². The number of carbonyl (C=O) groups excluding carboxylic acids is 1. The van der Waals surface area contributed by atoms with Crippen LogP contribution in [0, 0.1) is 6.92 Å². The van der Waals surface area contributed by atoms with Crippen LogP contribution >= 0.6 is 0 Å². The molecule has 2 heterocycles.